The molecule has 4 heterocycles. The second-order valence-corrected chi connectivity index (χ2v) is 7.68. The average molecular weight is 404 g/mol. The fraction of sp³-hybridized carbons (Fsp3) is 0.318. The summed E-state index contributed by atoms with van der Waals surface area (Å²) in [6.45, 7) is 6.38. The molecule has 0 radical (unpaired) electrons. The first-order valence-corrected chi connectivity index (χ1v) is 10.1. The number of rotatable bonds is 4. The van der Waals surface area contributed by atoms with Crippen LogP contribution in [0.5, 0.6) is 5.75 Å². The molecule has 3 aromatic rings. The number of ether oxygens (including phenoxy) is 1. The van der Waals surface area contributed by atoms with Crippen molar-refractivity contribution < 1.29 is 9.84 Å². The molecule has 0 amide bonds. The summed E-state index contributed by atoms with van der Waals surface area (Å²) in [5, 5.41) is 14.0. The molecule has 30 heavy (non-hydrogen) atoms. The van der Waals surface area contributed by atoms with E-state index in [1.54, 1.807) is 23.1 Å². The van der Waals surface area contributed by atoms with E-state index in [0.717, 1.165) is 54.5 Å². The maximum atomic E-state index is 9.59. The van der Waals surface area contributed by atoms with Crippen LogP contribution in [-0.2, 0) is 11.3 Å². The van der Waals surface area contributed by atoms with Crippen molar-refractivity contribution >= 4 is 17.3 Å². The van der Waals surface area contributed by atoms with Crippen LogP contribution in [-0.4, -0.2) is 51.2 Å². The monoisotopic (exact) mass is 404 g/mol. The molecule has 2 aliphatic rings. The van der Waals surface area contributed by atoms with E-state index in [9.17, 15) is 5.11 Å². The third kappa shape index (κ3) is 3.19. The predicted molar refractivity (Wildman–Crippen MR) is 115 cm³/mol. The van der Waals surface area contributed by atoms with Crippen molar-refractivity contribution in [2.75, 3.05) is 30.1 Å². The first-order chi connectivity index (χ1) is 14.6. The Labute approximate surface area is 175 Å². The summed E-state index contributed by atoms with van der Waals surface area (Å²) in [6.07, 6.45) is 5.47. The van der Waals surface area contributed by atoms with Crippen LogP contribution in [0.15, 0.2) is 49.4 Å². The van der Waals surface area contributed by atoms with Gasteiger partial charge in [-0.15, -0.1) is 0 Å². The zero-order valence-corrected chi connectivity index (χ0v) is 16.9. The van der Waals surface area contributed by atoms with Gasteiger partial charge in [-0.05, 0) is 36.6 Å². The van der Waals surface area contributed by atoms with Gasteiger partial charge in [0.15, 0.2) is 5.82 Å². The minimum absolute atomic E-state index is 0.245. The lowest BCUT2D eigenvalue weighted by atomic mass is 10.1. The fourth-order valence-electron chi connectivity index (χ4n) is 4.10. The Morgan fingerprint density at radius 3 is 2.73 bits per heavy atom. The van der Waals surface area contributed by atoms with E-state index in [1.165, 1.54) is 0 Å². The predicted octanol–water partition coefficient (Wildman–Crippen LogP) is 3.11. The highest BCUT2D eigenvalue weighted by Gasteiger charge is 2.30. The summed E-state index contributed by atoms with van der Waals surface area (Å²) in [5.41, 5.74) is 3.01. The molecule has 0 atom stereocenters. The lowest BCUT2D eigenvalue weighted by Gasteiger charge is -2.35. The van der Waals surface area contributed by atoms with Crippen LogP contribution < -0.4 is 9.80 Å². The Morgan fingerprint density at radius 1 is 1.20 bits per heavy atom. The molecule has 2 aliphatic heterocycles. The standard InChI is InChI=1S/C22H24N6O2/c1-15-27(13-16-3-5-19(29)6-4-16)21-20(22-24-14-25-28(15)22)11-18(12-23-21)26(2)17-7-9-30-10-8-17/h3-6,11-12,14,17,29H,1,7-10,13H2,2H3. The minimum atomic E-state index is 0.245. The molecule has 8 heteroatoms. The highest BCUT2D eigenvalue weighted by atomic mass is 16.5. The fourth-order valence-corrected chi connectivity index (χ4v) is 4.10. The van der Waals surface area contributed by atoms with Gasteiger partial charge < -0.3 is 19.6 Å². The normalized spacial score (nSPS) is 16.3. The van der Waals surface area contributed by atoms with Crippen molar-refractivity contribution in [1.82, 2.24) is 19.7 Å². The van der Waals surface area contributed by atoms with Crippen LogP contribution in [0.4, 0.5) is 11.5 Å². The van der Waals surface area contributed by atoms with Gasteiger partial charge in [-0.3, -0.25) is 0 Å². The maximum Gasteiger partial charge on any atom is 0.168 e. The van der Waals surface area contributed by atoms with Crippen LogP contribution in [0.3, 0.4) is 0 Å². The molecule has 1 aromatic carbocycles. The molecule has 1 saturated heterocycles. The first kappa shape index (κ1) is 18.6. The van der Waals surface area contributed by atoms with Gasteiger partial charge in [0.25, 0.3) is 0 Å². The van der Waals surface area contributed by atoms with Crippen LogP contribution in [0.2, 0.25) is 0 Å². The summed E-state index contributed by atoms with van der Waals surface area (Å²) in [7, 11) is 2.11. The van der Waals surface area contributed by atoms with E-state index in [-0.39, 0.29) is 5.75 Å². The smallest absolute Gasteiger partial charge is 0.168 e. The Hall–Kier alpha value is -3.39. The van der Waals surface area contributed by atoms with E-state index < -0.39 is 0 Å². The molecule has 8 nitrogen and oxygen atoms in total. The van der Waals surface area contributed by atoms with Gasteiger partial charge in [0.05, 0.1) is 24.0 Å². The van der Waals surface area contributed by atoms with E-state index in [0.29, 0.717) is 18.4 Å². The summed E-state index contributed by atoms with van der Waals surface area (Å²) in [4.78, 5) is 13.6. The number of pyridine rings is 1. The highest BCUT2D eigenvalue weighted by Crippen LogP contribution is 2.39. The molecule has 0 spiro atoms. The summed E-state index contributed by atoms with van der Waals surface area (Å²) in [5.74, 6) is 2.49. The van der Waals surface area contributed by atoms with Crippen LogP contribution in [0.25, 0.3) is 17.2 Å². The Kier molecular flexibility index (Phi) is 4.63. The van der Waals surface area contributed by atoms with E-state index in [1.807, 2.05) is 23.2 Å². The van der Waals surface area contributed by atoms with Gasteiger partial charge in [0.1, 0.15) is 23.7 Å². The van der Waals surface area contributed by atoms with Crippen LogP contribution >= 0.6 is 0 Å². The zero-order valence-electron chi connectivity index (χ0n) is 16.9. The molecule has 2 aromatic heterocycles. The maximum absolute atomic E-state index is 9.59. The number of anilines is 2. The minimum Gasteiger partial charge on any atom is -0.508 e. The molecule has 0 bridgehead atoms. The number of hydrogen-bond donors (Lipinski definition) is 1. The summed E-state index contributed by atoms with van der Waals surface area (Å²) in [6, 6.07) is 9.73. The van der Waals surface area contributed by atoms with Gasteiger partial charge in [-0.1, -0.05) is 18.7 Å². The van der Waals surface area contributed by atoms with Crippen molar-refractivity contribution in [3.05, 3.63) is 55.0 Å². The largest absolute Gasteiger partial charge is 0.508 e. The van der Waals surface area contributed by atoms with Crippen molar-refractivity contribution in [1.29, 1.82) is 0 Å². The van der Waals surface area contributed by atoms with Crippen molar-refractivity contribution in [2.24, 2.45) is 0 Å². The molecule has 0 unspecified atom stereocenters. The Bertz CT molecular complexity index is 1070. The Morgan fingerprint density at radius 2 is 1.97 bits per heavy atom. The SMILES string of the molecule is C=C1N(Cc2ccc(O)cc2)c2ncc(N(C)C3CCOCC3)cc2-c2ncnn21. The number of hydrogen-bond acceptors (Lipinski definition) is 7. The number of benzene rings is 1. The lowest BCUT2D eigenvalue weighted by molar-refractivity contribution is 0.0855. The molecular formula is C22H24N6O2. The van der Waals surface area contributed by atoms with E-state index in [2.05, 4.69) is 34.7 Å². The lowest BCUT2D eigenvalue weighted by Crippen LogP contribution is -2.37. The number of nitrogens with zero attached hydrogens (tertiary/aromatic N) is 6. The van der Waals surface area contributed by atoms with Gasteiger partial charge in [-0.25, -0.2) is 9.97 Å². The number of aromatic hydroxyl groups is 1. The number of phenolic OH excluding ortho intramolecular Hbond substituents is 1. The third-order valence-electron chi connectivity index (χ3n) is 5.88. The molecule has 154 valence electrons. The molecule has 1 fully saturated rings. The van der Waals surface area contributed by atoms with E-state index >= 15 is 0 Å². The second-order valence-electron chi connectivity index (χ2n) is 7.68. The topological polar surface area (TPSA) is 79.5 Å². The molecule has 5 rings (SSSR count). The molecular weight excluding hydrogens is 380 g/mol. The summed E-state index contributed by atoms with van der Waals surface area (Å²) >= 11 is 0. The van der Waals surface area contributed by atoms with Gasteiger partial charge >= 0.3 is 0 Å². The third-order valence-corrected chi connectivity index (χ3v) is 5.88. The summed E-state index contributed by atoms with van der Waals surface area (Å²) < 4.78 is 7.26. The van der Waals surface area contributed by atoms with Crippen LogP contribution in [0, 0.1) is 0 Å². The molecule has 0 aliphatic carbocycles. The quantitative estimate of drug-likeness (QED) is 0.716. The van der Waals surface area contributed by atoms with Gasteiger partial charge in [0, 0.05) is 26.3 Å². The Balaban J connectivity index is 1.52. The highest BCUT2D eigenvalue weighted by molar-refractivity contribution is 5.85. The van der Waals surface area contributed by atoms with Gasteiger partial charge in [-0.2, -0.15) is 9.78 Å². The number of fused-ring (bicyclic) bond motifs is 3. The number of aromatic nitrogens is 4. The molecule has 0 saturated carbocycles. The van der Waals surface area contributed by atoms with Gasteiger partial charge in [0.2, 0.25) is 0 Å². The molecule has 1 N–H and O–H groups in total. The van der Waals surface area contributed by atoms with Crippen molar-refractivity contribution in [3.63, 3.8) is 0 Å². The van der Waals surface area contributed by atoms with Crippen LogP contribution in [0.1, 0.15) is 18.4 Å². The average Bonchev–Trinajstić information content (AvgIpc) is 3.28. The number of phenols is 1. The van der Waals surface area contributed by atoms with Crippen molar-refractivity contribution in [3.8, 4) is 17.1 Å². The first-order valence-electron chi connectivity index (χ1n) is 10.1. The van der Waals surface area contributed by atoms with Crippen molar-refractivity contribution in [2.45, 2.75) is 25.4 Å². The second kappa shape index (κ2) is 7.46. The van der Waals surface area contributed by atoms with E-state index in [4.69, 9.17) is 9.72 Å². The zero-order chi connectivity index (χ0) is 20.7.